The van der Waals surface area contributed by atoms with Crippen molar-refractivity contribution >= 4 is 46.8 Å². The zero-order valence-electron chi connectivity index (χ0n) is 18.2. The molecule has 168 valence electrons. The van der Waals surface area contributed by atoms with Gasteiger partial charge in [0.15, 0.2) is 0 Å². The molecule has 2 amide bonds. The molecule has 0 spiro atoms. The molecule has 0 aliphatic rings. The van der Waals surface area contributed by atoms with Crippen LogP contribution in [0.3, 0.4) is 0 Å². The average molecular weight is 482 g/mol. The van der Waals surface area contributed by atoms with Crippen LogP contribution >= 0.6 is 35.0 Å². The first-order valence-electron chi connectivity index (χ1n) is 9.98. The van der Waals surface area contributed by atoms with E-state index in [4.69, 9.17) is 23.2 Å². The summed E-state index contributed by atoms with van der Waals surface area (Å²) >= 11 is 13.7. The minimum absolute atomic E-state index is 0.0205. The van der Waals surface area contributed by atoms with E-state index >= 15 is 0 Å². The third kappa shape index (κ3) is 7.72. The van der Waals surface area contributed by atoms with Crippen molar-refractivity contribution < 1.29 is 9.59 Å². The Bertz CT molecular complexity index is 891. The summed E-state index contributed by atoms with van der Waals surface area (Å²) in [5, 5.41) is 6.53. The van der Waals surface area contributed by atoms with Crippen molar-refractivity contribution in [3.63, 3.8) is 0 Å². The highest BCUT2D eigenvalue weighted by Gasteiger charge is 2.24. The van der Waals surface area contributed by atoms with Gasteiger partial charge in [-0.25, -0.2) is 0 Å². The number of thioether (sulfide) groups is 1. The van der Waals surface area contributed by atoms with Crippen molar-refractivity contribution in [2.45, 2.75) is 25.4 Å². The number of hydrogen-bond acceptors (Lipinski definition) is 4. The lowest BCUT2D eigenvalue weighted by molar-refractivity contribution is -0.123. The Morgan fingerprint density at radius 1 is 1.10 bits per heavy atom. The quantitative estimate of drug-likeness (QED) is 0.521. The Hall–Kier alpha value is -1.73. The van der Waals surface area contributed by atoms with Crippen LogP contribution in [0.4, 0.5) is 0 Å². The van der Waals surface area contributed by atoms with Crippen LogP contribution in [-0.4, -0.2) is 55.4 Å². The molecule has 0 aliphatic heterocycles. The SMILES string of the molecule is CSCCC(NC(=O)c1ccc(Cl)cc1Cl)C(=O)NCC(c1ccc(C)cc1)N(C)C. The van der Waals surface area contributed by atoms with Crippen LogP contribution in [0.15, 0.2) is 42.5 Å². The molecule has 0 heterocycles. The van der Waals surface area contributed by atoms with Gasteiger partial charge < -0.3 is 15.5 Å². The summed E-state index contributed by atoms with van der Waals surface area (Å²) in [5.74, 6) is 0.124. The first-order chi connectivity index (χ1) is 14.7. The molecule has 0 saturated carbocycles. The Kier molecular flexibility index (Phi) is 10.2. The summed E-state index contributed by atoms with van der Waals surface area (Å²) in [5.41, 5.74) is 2.60. The fourth-order valence-corrected chi connectivity index (χ4v) is 4.09. The first kappa shape index (κ1) is 25.5. The van der Waals surface area contributed by atoms with E-state index in [1.54, 1.807) is 23.9 Å². The van der Waals surface area contributed by atoms with Crippen LogP contribution in [0.25, 0.3) is 0 Å². The van der Waals surface area contributed by atoms with Crippen molar-refractivity contribution in [3.05, 3.63) is 69.2 Å². The molecular weight excluding hydrogens is 453 g/mol. The Balaban J connectivity index is 2.08. The second kappa shape index (κ2) is 12.3. The van der Waals surface area contributed by atoms with Gasteiger partial charge in [-0.15, -0.1) is 0 Å². The van der Waals surface area contributed by atoms with Gasteiger partial charge in [0.25, 0.3) is 5.91 Å². The van der Waals surface area contributed by atoms with Crippen LogP contribution in [0.2, 0.25) is 10.0 Å². The number of amides is 2. The molecule has 2 aromatic rings. The fraction of sp³-hybridized carbons (Fsp3) is 0.391. The molecule has 0 fully saturated rings. The monoisotopic (exact) mass is 481 g/mol. The topological polar surface area (TPSA) is 61.4 Å². The summed E-state index contributed by atoms with van der Waals surface area (Å²) < 4.78 is 0. The first-order valence-corrected chi connectivity index (χ1v) is 12.1. The number of carbonyl (C=O) groups excluding carboxylic acids is 2. The van der Waals surface area contributed by atoms with E-state index in [0.29, 0.717) is 23.6 Å². The van der Waals surface area contributed by atoms with Gasteiger partial charge in [0.05, 0.1) is 16.6 Å². The largest absolute Gasteiger partial charge is 0.352 e. The lowest BCUT2D eigenvalue weighted by atomic mass is 10.0. The molecule has 2 aromatic carbocycles. The number of halogens is 2. The van der Waals surface area contributed by atoms with E-state index in [0.717, 1.165) is 11.3 Å². The maximum Gasteiger partial charge on any atom is 0.253 e. The number of nitrogens with zero attached hydrogens (tertiary/aromatic N) is 1. The number of benzene rings is 2. The van der Waals surface area contributed by atoms with Crippen molar-refractivity contribution in [1.29, 1.82) is 0 Å². The number of carbonyl (C=O) groups is 2. The molecule has 8 heteroatoms. The normalized spacial score (nSPS) is 13.0. The highest BCUT2D eigenvalue weighted by atomic mass is 35.5. The molecule has 0 aromatic heterocycles. The van der Waals surface area contributed by atoms with E-state index in [1.165, 1.54) is 11.6 Å². The van der Waals surface area contributed by atoms with E-state index in [2.05, 4.69) is 39.8 Å². The van der Waals surface area contributed by atoms with Crippen LogP contribution in [0.5, 0.6) is 0 Å². The molecule has 0 aliphatic carbocycles. The van der Waals surface area contributed by atoms with Gasteiger partial charge in [-0.05, 0) is 63.2 Å². The van der Waals surface area contributed by atoms with Gasteiger partial charge in [0.1, 0.15) is 6.04 Å². The van der Waals surface area contributed by atoms with Gasteiger partial charge >= 0.3 is 0 Å². The van der Waals surface area contributed by atoms with Crippen LogP contribution < -0.4 is 10.6 Å². The predicted octanol–water partition coefficient (Wildman–Crippen LogP) is 4.57. The van der Waals surface area contributed by atoms with E-state index < -0.39 is 11.9 Å². The Labute approximate surface area is 198 Å². The molecule has 31 heavy (non-hydrogen) atoms. The van der Waals surface area contributed by atoms with Crippen LogP contribution in [0, 0.1) is 6.92 Å². The minimum Gasteiger partial charge on any atom is -0.352 e. The average Bonchev–Trinajstić information content (AvgIpc) is 2.71. The van der Waals surface area contributed by atoms with Gasteiger partial charge in [0, 0.05) is 11.6 Å². The summed E-state index contributed by atoms with van der Waals surface area (Å²) in [6.07, 6.45) is 2.48. The van der Waals surface area contributed by atoms with Crippen molar-refractivity contribution in [2.24, 2.45) is 0 Å². The lowest BCUT2D eigenvalue weighted by Crippen LogP contribution is -2.48. The molecule has 0 saturated heterocycles. The predicted molar refractivity (Wildman–Crippen MR) is 131 cm³/mol. The van der Waals surface area contributed by atoms with Gasteiger partial charge in [0.2, 0.25) is 5.91 Å². The zero-order valence-corrected chi connectivity index (χ0v) is 20.6. The highest BCUT2D eigenvalue weighted by molar-refractivity contribution is 7.98. The van der Waals surface area contributed by atoms with Gasteiger partial charge in [-0.2, -0.15) is 11.8 Å². The number of rotatable bonds is 10. The maximum atomic E-state index is 13.0. The Morgan fingerprint density at radius 2 is 1.77 bits per heavy atom. The molecule has 0 radical (unpaired) electrons. The fourth-order valence-electron chi connectivity index (χ4n) is 3.12. The standard InChI is InChI=1S/C23H29Cl2N3O2S/c1-15-5-7-16(8-6-15)21(28(2)3)14-26-23(30)20(11-12-31-4)27-22(29)18-10-9-17(24)13-19(18)25/h5-10,13,20-21H,11-12,14H2,1-4H3,(H,26,30)(H,27,29). The minimum atomic E-state index is -0.660. The zero-order chi connectivity index (χ0) is 23.0. The third-order valence-corrected chi connectivity index (χ3v) is 6.16. The van der Waals surface area contributed by atoms with Crippen molar-refractivity contribution in [3.8, 4) is 0 Å². The summed E-state index contributed by atoms with van der Waals surface area (Å²) in [6.45, 7) is 2.48. The van der Waals surface area contributed by atoms with Gasteiger partial charge in [-0.3, -0.25) is 9.59 Å². The second-order valence-corrected chi connectivity index (χ2v) is 9.40. The highest BCUT2D eigenvalue weighted by Crippen LogP contribution is 2.21. The van der Waals surface area contributed by atoms with Crippen LogP contribution in [-0.2, 0) is 4.79 Å². The van der Waals surface area contributed by atoms with E-state index in [-0.39, 0.29) is 17.0 Å². The summed E-state index contributed by atoms with van der Waals surface area (Å²) in [7, 11) is 3.96. The second-order valence-electron chi connectivity index (χ2n) is 7.57. The maximum absolute atomic E-state index is 13.0. The lowest BCUT2D eigenvalue weighted by Gasteiger charge is -2.26. The molecule has 2 rings (SSSR count). The van der Waals surface area contributed by atoms with Gasteiger partial charge in [-0.1, -0.05) is 53.0 Å². The number of hydrogen-bond donors (Lipinski definition) is 2. The Morgan fingerprint density at radius 3 is 2.35 bits per heavy atom. The molecule has 2 unspecified atom stereocenters. The van der Waals surface area contributed by atoms with E-state index in [9.17, 15) is 9.59 Å². The molecular formula is C23H29Cl2N3O2S. The van der Waals surface area contributed by atoms with Crippen molar-refractivity contribution in [2.75, 3.05) is 32.6 Å². The number of aryl methyl sites for hydroxylation is 1. The van der Waals surface area contributed by atoms with Crippen LogP contribution in [0.1, 0.15) is 33.9 Å². The molecule has 2 N–H and O–H groups in total. The van der Waals surface area contributed by atoms with Crippen molar-refractivity contribution in [1.82, 2.24) is 15.5 Å². The summed E-state index contributed by atoms with van der Waals surface area (Å²) in [4.78, 5) is 27.7. The molecule has 5 nitrogen and oxygen atoms in total. The number of likely N-dealkylation sites (N-methyl/N-ethyl adjacent to an activating group) is 1. The van der Waals surface area contributed by atoms with E-state index in [1.807, 2.05) is 27.3 Å². The smallest absolute Gasteiger partial charge is 0.253 e. The summed E-state index contributed by atoms with van der Waals surface area (Å²) in [6, 6.07) is 12.3. The molecule has 2 atom stereocenters. The number of nitrogens with one attached hydrogen (secondary N) is 2. The third-order valence-electron chi connectivity index (χ3n) is 4.96. The molecule has 0 bridgehead atoms.